The smallest absolute Gasteiger partial charge is 0.256 e. The third-order valence-electron chi connectivity index (χ3n) is 7.24. The summed E-state index contributed by atoms with van der Waals surface area (Å²) in [5.41, 5.74) is 5.96. The summed E-state index contributed by atoms with van der Waals surface area (Å²) >= 11 is 0. The van der Waals surface area contributed by atoms with Gasteiger partial charge in [-0.3, -0.25) is 4.79 Å². The number of ether oxygens (including phenoxy) is 2. The summed E-state index contributed by atoms with van der Waals surface area (Å²) < 4.78 is 11.8. The Kier molecular flexibility index (Phi) is 5.55. The number of aliphatic hydroxyl groups is 1. The molecule has 7 heteroatoms. The number of nitrogens with zero attached hydrogens (tertiary/aromatic N) is 3. The summed E-state index contributed by atoms with van der Waals surface area (Å²) in [6.45, 7) is 7.08. The lowest BCUT2D eigenvalue weighted by Crippen LogP contribution is -2.39. The quantitative estimate of drug-likeness (QED) is 0.793. The Hall–Kier alpha value is -2.64. The summed E-state index contributed by atoms with van der Waals surface area (Å²) in [5.74, 6) is 1.82. The molecule has 170 valence electrons. The number of fused-ring (bicyclic) bond motifs is 2. The van der Waals surface area contributed by atoms with Gasteiger partial charge in [-0.15, -0.1) is 0 Å². The molecule has 1 amide bonds. The second kappa shape index (κ2) is 8.37. The van der Waals surface area contributed by atoms with E-state index in [2.05, 4.69) is 23.1 Å². The Morgan fingerprint density at radius 3 is 2.72 bits per heavy atom. The highest BCUT2D eigenvalue weighted by Gasteiger charge is 2.38. The molecule has 1 saturated heterocycles. The van der Waals surface area contributed by atoms with Crippen LogP contribution in [0, 0.1) is 13.8 Å². The fourth-order valence-corrected chi connectivity index (χ4v) is 5.12. The van der Waals surface area contributed by atoms with Crippen molar-refractivity contribution >= 4 is 11.7 Å². The van der Waals surface area contributed by atoms with Crippen LogP contribution in [0.1, 0.15) is 57.2 Å². The van der Waals surface area contributed by atoms with Gasteiger partial charge in [0.2, 0.25) is 0 Å². The van der Waals surface area contributed by atoms with E-state index in [0.717, 1.165) is 61.7 Å². The van der Waals surface area contributed by atoms with Crippen LogP contribution in [0.25, 0.3) is 0 Å². The van der Waals surface area contributed by atoms with E-state index in [1.807, 2.05) is 13.8 Å². The molecule has 1 N–H and O–H groups in total. The van der Waals surface area contributed by atoms with E-state index in [4.69, 9.17) is 14.5 Å². The number of aliphatic hydroxyl groups excluding tert-OH is 1. The first-order chi connectivity index (χ1) is 15.5. The molecule has 2 aromatic rings. The van der Waals surface area contributed by atoms with E-state index < -0.39 is 0 Å². The SMILES string of the molecule is Cc1c(N2CCC(Oc3ccc4c(c3)CCOC4)CC2)nc2c(c1C)C(=O)N(C)C2CO. The average Bonchev–Trinajstić information content (AvgIpc) is 3.06. The fourth-order valence-electron chi connectivity index (χ4n) is 5.12. The van der Waals surface area contributed by atoms with Gasteiger partial charge in [0.1, 0.15) is 17.7 Å². The van der Waals surface area contributed by atoms with E-state index in [1.54, 1.807) is 11.9 Å². The van der Waals surface area contributed by atoms with Crippen molar-refractivity contribution in [3.8, 4) is 5.75 Å². The number of hydrogen-bond donors (Lipinski definition) is 1. The third-order valence-corrected chi connectivity index (χ3v) is 7.24. The van der Waals surface area contributed by atoms with Crippen molar-refractivity contribution < 1.29 is 19.4 Å². The van der Waals surface area contributed by atoms with Gasteiger partial charge in [0, 0.05) is 33.0 Å². The number of carbonyl (C=O) groups excluding carboxylic acids is 1. The number of aromatic nitrogens is 1. The number of likely N-dealkylation sites (N-methyl/N-ethyl adjacent to an activating group) is 1. The maximum absolute atomic E-state index is 12.7. The maximum Gasteiger partial charge on any atom is 0.256 e. The highest BCUT2D eigenvalue weighted by atomic mass is 16.5. The number of rotatable bonds is 4. The molecule has 7 nitrogen and oxygen atoms in total. The molecule has 3 aliphatic rings. The molecule has 0 saturated carbocycles. The van der Waals surface area contributed by atoms with Gasteiger partial charge in [-0.25, -0.2) is 4.98 Å². The predicted octanol–water partition coefficient (Wildman–Crippen LogP) is 2.94. The summed E-state index contributed by atoms with van der Waals surface area (Å²) in [4.78, 5) is 21.5. The molecule has 0 spiro atoms. The standard InChI is InChI=1S/C25H31N3O4/c1-15-16(2)24(26-23-21(13-29)27(3)25(30)22(15)23)28-9-6-19(7-10-28)32-20-5-4-18-14-31-11-8-17(18)12-20/h4-5,12,19,21,29H,6-11,13-14H2,1-3H3. The molecular weight excluding hydrogens is 406 g/mol. The lowest BCUT2D eigenvalue weighted by Gasteiger charge is -2.34. The van der Waals surface area contributed by atoms with Crippen LogP contribution in [0.4, 0.5) is 5.82 Å². The molecule has 1 atom stereocenters. The minimum absolute atomic E-state index is 0.0533. The summed E-state index contributed by atoms with van der Waals surface area (Å²) in [6, 6.07) is 5.97. The van der Waals surface area contributed by atoms with Crippen LogP contribution < -0.4 is 9.64 Å². The first kappa shape index (κ1) is 21.2. The van der Waals surface area contributed by atoms with Crippen LogP contribution >= 0.6 is 0 Å². The van der Waals surface area contributed by atoms with Crippen molar-refractivity contribution in [1.82, 2.24) is 9.88 Å². The molecule has 1 unspecified atom stereocenters. The molecule has 4 heterocycles. The molecule has 32 heavy (non-hydrogen) atoms. The first-order valence-electron chi connectivity index (χ1n) is 11.5. The second-order valence-electron chi connectivity index (χ2n) is 9.10. The van der Waals surface area contributed by atoms with E-state index in [9.17, 15) is 9.90 Å². The molecule has 0 radical (unpaired) electrons. The highest BCUT2D eigenvalue weighted by Crippen LogP contribution is 2.37. The molecule has 0 bridgehead atoms. The van der Waals surface area contributed by atoms with E-state index in [0.29, 0.717) is 17.9 Å². The van der Waals surface area contributed by atoms with Gasteiger partial charge in [0.25, 0.3) is 5.91 Å². The number of anilines is 1. The van der Waals surface area contributed by atoms with Gasteiger partial charge in [-0.2, -0.15) is 0 Å². The van der Waals surface area contributed by atoms with Crippen LogP contribution in [0.15, 0.2) is 18.2 Å². The lowest BCUT2D eigenvalue weighted by atomic mass is 10.00. The van der Waals surface area contributed by atoms with Crippen molar-refractivity contribution in [3.05, 3.63) is 51.7 Å². The van der Waals surface area contributed by atoms with Crippen LogP contribution in [0.3, 0.4) is 0 Å². The summed E-state index contributed by atoms with van der Waals surface area (Å²) in [5, 5.41) is 9.84. The van der Waals surface area contributed by atoms with Gasteiger partial charge in [-0.05, 0) is 54.7 Å². The topological polar surface area (TPSA) is 75.1 Å². The van der Waals surface area contributed by atoms with Gasteiger partial charge >= 0.3 is 0 Å². The Morgan fingerprint density at radius 2 is 1.97 bits per heavy atom. The number of hydrogen-bond acceptors (Lipinski definition) is 6. The lowest BCUT2D eigenvalue weighted by molar-refractivity contribution is 0.0714. The zero-order valence-corrected chi connectivity index (χ0v) is 19.1. The molecule has 1 aromatic carbocycles. The van der Waals surface area contributed by atoms with Crippen LogP contribution in [-0.4, -0.2) is 60.4 Å². The predicted molar refractivity (Wildman–Crippen MR) is 121 cm³/mol. The molecular formula is C25H31N3O4. The van der Waals surface area contributed by atoms with Crippen molar-refractivity contribution in [3.63, 3.8) is 0 Å². The highest BCUT2D eigenvalue weighted by molar-refractivity contribution is 6.00. The zero-order chi connectivity index (χ0) is 22.4. The minimum atomic E-state index is -0.370. The Bertz CT molecular complexity index is 1050. The molecule has 1 fully saturated rings. The van der Waals surface area contributed by atoms with Crippen molar-refractivity contribution in [2.45, 2.75) is 51.9 Å². The van der Waals surface area contributed by atoms with Crippen molar-refractivity contribution in [2.75, 3.05) is 38.3 Å². The molecule has 1 aromatic heterocycles. The van der Waals surface area contributed by atoms with Crippen molar-refractivity contribution in [1.29, 1.82) is 0 Å². The molecule has 5 rings (SSSR count). The Balaban J connectivity index is 1.30. The monoisotopic (exact) mass is 437 g/mol. The molecule has 0 aliphatic carbocycles. The van der Waals surface area contributed by atoms with Gasteiger partial charge in [-0.1, -0.05) is 6.07 Å². The zero-order valence-electron chi connectivity index (χ0n) is 19.1. The van der Waals surface area contributed by atoms with Crippen LogP contribution in [0.2, 0.25) is 0 Å². The number of benzene rings is 1. The van der Waals surface area contributed by atoms with Gasteiger partial charge in [0.15, 0.2) is 0 Å². The number of carbonyl (C=O) groups is 1. The normalized spacial score (nSPS) is 21.0. The molecule has 3 aliphatic heterocycles. The first-order valence-corrected chi connectivity index (χ1v) is 11.5. The van der Waals surface area contributed by atoms with Crippen LogP contribution in [-0.2, 0) is 17.8 Å². The van der Waals surface area contributed by atoms with E-state index in [-0.39, 0.29) is 24.7 Å². The largest absolute Gasteiger partial charge is 0.490 e. The fraction of sp³-hybridized carbons (Fsp3) is 0.520. The number of piperidine rings is 1. The number of pyridine rings is 1. The third kappa shape index (κ3) is 3.53. The van der Waals surface area contributed by atoms with Gasteiger partial charge < -0.3 is 24.4 Å². The minimum Gasteiger partial charge on any atom is -0.490 e. The van der Waals surface area contributed by atoms with Gasteiger partial charge in [0.05, 0.1) is 37.1 Å². The summed E-state index contributed by atoms with van der Waals surface area (Å²) in [6.07, 6.45) is 2.96. The van der Waals surface area contributed by atoms with E-state index in [1.165, 1.54) is 11.1 Å². The Morgan fingerprint density at radius 1 is 1.19 bits per heavy atom. The Labute approximate surface area is 189 Å². The van der Waals surface area contributed by atoms with E-state index >= 15 is 0 Å². The number of amides is 1. The maximum atomic E-state index is 12.7. The average molecular weight is 438 g/mol. The second-order valence-corrected chi connectivity index (χ2v) is 9.10. The van der Waals surface area contributed by atoms with Crippen molar-refractivity contribution in [2.24, 2.45) is 0 Å². The summed E-state index contributed by atoms with van der Waals surface area (Å²) in [7, 11) is 1.73. The van der Waals surface area contributed by atoms with Crippen LogP contribution in [0.5, 0.6) is 5.75 Å².